The molecule has 3 heterocycles. The van der Waals surface area contributed by atoms with Crippen molar-refractivity contribution in [2.75, 3.05) is 17.3 Å². The molecule has 3 atom stereocenters. The van der Waals surface area contributed by atoms with Crippen LogP contribution in [0.15, 0.2) is 60.8 Å². The fourth-order valence-corrected chi connectivity index (χ4v) is 5.53. The van der Waals surface area contributed by atoms with E-state index in [1.165, 1.54) is 0 Å². The van der Waals surface area contributed by atoms with Gasteiger partial charge in [-0.3, -0.25) is 9.59 Å². The van der Waals surface area contributed by atoms with Gasteiger partial charge in [0.1, 0.15) is 11.6 Å². The van der Waals surface area contributed by atoms with Gasteiger partial charge in [-0.1, -0.05) is 23.8 Å². The molecule has 0 spiro atoms. The second-order valence-electron chi connectivity index (χ2n) is 9.79. The summed E-state index contributed by atoms with van der Waals surface area (Å²) in [5.74, 6) is 1.39. The summed E-state index contributed by atoms with van der Waals surface area (Å²) >= 11 is 0. The first-order valence-corrected chi connectivity index (χ1v) is 12.5. The van der Waals surface area contributed by atoms with Gasteiger partial charge >= 0.3 is 0 Å². The topological polar surface area (TPSA) is 83.6 Å². The van der Waals surface area contributed by atoms with Gasteiger partial charge in [-0.25, -0.2) is 4.98 Å². The van der Waals surface area contributed by atoms with Crippen LogP contribution in [-0.4, -0.2) is 42.0 Å². The van der Waals surface area contributed by atoms with Gasteiger partial charge < -0.3 is 20.3 Å². The number of hydrogen-bond acceptors (Lipinski definition) is 5. The van der Waals surface area contributed by atoms with Crippen LogP contribution in [0.1, 0.15) is 57.5 Å². The Labute approximate surface area is 211 Å². The molecular formula is C29H32N4O3. The minimum Gasteiger partial charge on any atom is -0.496 e. The number of aryl methyl sites for hydroxylation is 1. The monoisotopic (exact) mass is 484 g/mol. The Bertz CT molecular complexity index is 1240. The molecule has 36 heavy (non-hydrogen) atoms. The SMILES string of the molecule is COc1cccc(C(=O)NC2C[C@H]3CC[C@@H](C2)N3c2ccc(C(=O)Nc3ccc(C)cc3)cn2)c1C. The van der Waals surface area contributed by atoms with Gasteiger partial charge in [0.25, 0.3) is 11.8 Å². The van der Waals surface area contributed by atoms with E-state index >= 15 is 0 Å². The number of carbonyl (C=O) groups is 2. The summed E-state index contributed by atoms with van der Waals surface area (Å²) in [6.45, 7) is 3.93. The van der Waals surface area contributed by atoms with Crippen LogP contribution in [0, 0.1) is 13.8 Å². The number of amides is 2. The van der Waals surface area contributed by atoms with Gasteiger partial charge in [0.15, 0.2) is 0 Å². The summed E-state index contributed by atoms with van der Waals surface area (Å²) in [5.41, 5.74) is 3.95. The minimum atomic E-state index is -0.171. The highest BCUT2D eigenvalue weighted by atomic mass is 16.5. The molecule has 2 aromatic carbocycles. The third-order valence-electron chi connectivity index (χ3n) is 7.40. The van der Waals surface area contributed by atoms with Crippen LogP contribution in [0.5, 0.6) is 5.75 Å². The Balaban J connectivity index is 1.22. The van der Waals surface area contributed by atoms with E-state index in [1.807, 2.05) is 68.4 Å². The zero-order valence-electron chi connectivity index (χ0n) is 21.0. The maximum absolute atomic E-state index is 13.0. The number of methoxy groups -OCH3 is 1. The van der Waals surface area contributed by atoms with Gasteiger partial charge in [-0.2, -0.15) is 0 Å². The normalized spacial score (nSPS) is 20.6. The van der Waals surface area contributed by atoms with E-state index in [4.69, 9.17) is 4.74 Å². The lowest BCUT2D eigenvalue weighted by Crippen LogP contribution is -2.50. The van der Waals surface area contributed by atoms with E-state index in [0.29, 0.717) is 23.2 Å². The number of ether oxygens (including phenoxy) is 1. The smallest absolute Gasteiger partial charge is 0.257 e. The van der Waals surface area contributed by atoms with Crippen molar-refractivity contribution in [1.82, 2.24) is 10.3 Å². The highest BCUT2D eigenvalue weighted by molar-refractivity contribution is 6.04. The molecule has 1 aromatic heterocycles. The van der Waals surface area contributed by atoms with E-state index in [-0.39, 0.29) is 17.9 Å². The van der Waals surface area contributed by atoms with Crippen molar-refractivity contribution in [2.45, 2.75) is 57.7 Å². The van der Waals surface area contributed by atoms with Gasteiger partial charge in [-0.05, 0) is 75.9 Å². The minimum absolute atomic E-state index is 0.0497. The van der Waals surface area contributed by atoms with E-state index < -0.39 is 0 Å². The zero-order valence-corrected chi connectivity index (χ0v) is 21.0. The molecular weight excluding hydrogens is 452 g/mol. The Kier molecular flexibility index (Phi) is 6.63. The Morgan fingerprint density at radius 1 is 0.944 bits per heavy atom. The molecule has 1 unspecified atom stereocenters. The van der Waals surface area contributed by atoms with Gasteiger partial charge in [0.2, 0.25) is 0 Å². The lowest BCUT2D eigenvalue weighted by molar-refractivity contribution is 0.0925. The van der Waals surface area contributed by atoms with Gasteiger partial charge in [0.05, 0.1) is 12.7 Å². The van der Waals surface area contributed by atoms with Crippen molar-refractivity contribution in [3.63, 3.8) is 0 Å². The molecule has 2 amide bonds. The van der Waals surface area contributed by atoms with Crippen LogP contribution in [0.4, 0.5) is 11.5 Å². The van der Waals surface area contributed by atoms with Crippen molar-refractivity contribution in [2.24, 2.45) is 0 Å². The average Bonchev–Trinajstić information content (AvgIpc) is 3.15. The summed E-state index contributed by atoms with van der Waals surface area (Å²) in [6, 6.07) is 17.8. The lowest BCUT2D eigenvalue weighted by atomic mass is 9.96. The maximum atomic E-state index is 13.0. The molecule has 7 heteroatoms. The van der Waals surface area contributed by atoms with Crippen molar-refractivity contribution in [3.05, 3.63) is 83.0 Å². The number of piperidine rings is 1. The van der Waals surface area contributed by atoms with Crippen molar-refractivity contribution in [3.8, 4) is 5.75 Å². The number of anilines is 2. The Morgan fingerprint density at radius 2 is 1.67 bits per heavy atom. The number of benzene rings is 2. The van der Waals surface area contributed by atoms with Gasteiger partial charge in [0, 0.05) is 41.1 Å². The Morgan fingerprint density at radius 3 is 2.31 bits per heavy atom. The zero-order chi connectivity index (χ0) is 25.2. The molecule has 0 radical (unpaired) electrons. The van der Waals surface area contributed by atoms with E-state index in [9.17, 15) is 9.59 Å². The summed E-state index contributed by atoms with van der Waals surface area (Å²) in [4.78, 5) is 32.7. The van der Waals surface area contributed by atoms with Crippen molar-refractivity contribution < 1.29 is 14.3 Å². The third-order valence-corrected chi connectivity index (χ3v) is 7.40. The summed E-state index contributed by atoms with van der Waals surface area (Å²) in [5, 5.41) is 6.18. The molecule has 2 N–H and O–H groups in total. The van der Waals surface area contributed by atoms with Crippen LogP contribution in [0.2, 0.25) is 0 Å². The number of fused-ring (bicyclic) bond motifs is 2. The summed E-state index contributed by atoms with van der Waals surface area (Å²) < 4.78 is 5.37. The second kappa shape index (κ2) is 10.0. The number of nitrogens with zero attached hydrogens (tertiary/aromatic N) is 2. The molecule has 0 aliphatic carbocycles. The third kappa shape index (κ3) is 4.78. The average molecular weight is 485 g/mol. The first-order valence-electron chi connectivity index (χ1n) is 12.5. The molecule has 2 fully saturated rings. The molecule has 2 aliphatic heterocycles. The molecule has 5 rings (SSSR count). The molecule has 3 aromatic rings. The predicted molar refractivity (Wildman–Crippen MR) is 141 cm³/mol. The first kappa shape index (κ1) is 23.9. The van der Waals surface area contributed by atoms with Crippen LogP contribution >= 0.6 is 0 Å². The molecule has 2 saturated heterocycles. The number of carbonyl (C=O) groups excluding carboxylic acids is 2. The number of rotatable bonds is 6. The fraction of sp³-hybridized carbons (Fsp3) is 0.345. The fourth-order valence-electron chi connectivity index (χ4n) is 5.53. The second-order valence-corrected chi connectivity index (χ2v) is 9.79. The summed E-state index contributed by atoms with van der Waals surface area (Å²) in [7, 11) is 1.62. The quantitative estimate of drug-likeness (QED) is 0.521. The summed E-state index contributed by atoms with van der Waals surface area (Å²) in [6.07, 6.45) is 5.56. The van der Waals surface area contributed by atoms with Crippen molar-refractivity contribution >= 4 is 23.3 Å². The van der Waals surface area contributed by atoms with Gasteiger partial charge in [-0.15, -0.1) is 0 Å². The standard InChI is InChI=1S/C29H32N4O3/c1-18-7-10-21(11-8-18)31-28(34)20-9-14-27(30-17-20)33-23-12-13-24(33)16-22(15-23)32-29(35)25-5-4-6-26(36-3)19(25)2/h4-11,14,17,22-24H,12-13,15-16H2,1-3H3,(H,31,34)(H,32,35)/t22?,23-,24+. The number of aromatic nitrogens is 1. The number of pyridine rings is 1. The van der Waals surface area contributed by atoms with E-state index in [2.05, 4.69) is 20.5 Å². The largest absolute Gasteiger partial charge is 0.496 e. The van der Waals surface area contributed by atoms with Crippen LogP contribution in [-0.2, 0) is 0 Å². The molecule has 186 valence electrons. The predicted octanol–water partition coefficient (Wildman–Crippen LogP) is 4.89. The molecule has 0 saturated carbocycles. The van der Waals surface area contributed by atoms with Crippen LogP contribution in [0.3, 0.4) is 0 Å². The molecule has 2 bridgehead atoms. The number of nitrogens with one attached hydrogen (secondary N) is 2. The molecule has 7 nitrogen and oxygen atoms in total. The highest BCUT2D eigenvalue weighted by Gasteiger charge is 2.42. The van der Waals surface area contributed by atoms with Crippen LogP contribution in [0.25, 0.3) is 0 Å². The van der Waals surface area contributed by atoms with E-state index in [0.717, 1.165) is 54.1 Å². The number of hydrogen-bond donors (Lipinski definition) is 2. The first-order chi connectivity index (χ1) is 17.4. The molecule has 2 aliphatic rings. The van der Waals surface area contributed by atoms with E-state index in [1.54, 1.807) is 13.3 Å². The van der Waals surface area contributed by atoms with Crippen molar-refractivity contribution in [1.29, 1.82) is 0 Å². The Hall–Kier alpha value is -3.87. The highest BCUT2D eigenvalue weighted by Crippen LogP contribution is 2.38. The van der Waals surface area contributed by atoms with Crippen LogP contribution < -0.4 is 20.3 Å². The maximum Gasteiger partial charge on any atom is 0.257 e. The lowest BCUT2D eigenvalue weighted by Gasteiger charge is -2.40.